The van der Waals surface area contributed by atoms with Crippen LogP contribution in [0.4, 0.5) is 9.59 Å². The first-order valence-electron chi connectivity index (χ1n) is 20.5. The molecule has 2 aliphatic carbocycles. The standard InChI is InChI=1S/C44H50N8O7/c1-21(2)36(49-43(55)58-6)41(53)51-31-17-25(31)19-33(51)39-45-28-15-12-24(16-30(28)47-39)23-10-13-27(14-11-23)59-35-9-7-8-29-37(35)48-40(46-29)34-20-26-18-32(26)52(34)42(54)38(22(3)4)50(5)44(56)57/h7-16,21-22,25-26,31-34,36,38H,17-20H2,1-6H3,(H,45,47)(H,46,48)(H,49,55)(H,56,57)/t25-,26+,31+,32+,33-,34-,36-,38-/m0/s1. The average Bonchev–Trinajstić information content (AvgIpc) is 3.86. The number of carboxylic acid groups (broad SMARTS) is 1. The molecule has 3 aromatic carbocycles. The SMILES string of the molecule is COC(=O)N[C@H](C(=O)N1[C@@H]2C[C@H]2C[C@H]1c1nc2ccc(-c3ccc(Oc4cccc5[nH]c([C@@H]6C[C@H]7C[C@H]7N6C(=O)[C@H](C(C)C)N(C)C(=O)O)nc45)cc3)cc2[nH]1)C(C)C. The molecule has 2 saturated heterocycles. The maximum absolute atomic E-state index is 14.0. The van der Waals surface area contributed by atoms with E-state index in [1.54, 1.807) is 0 Å². The molecule has 59 heavy (non-hydrogen) atoms. The number of likely N-dealkylation sites (tertiary alicyclic amines) is 2. The van der Waals surface area contributed by atoms with Crippen LogP contribution in [0.2, 0.25) is 0 Å². The van der Waals surface area contributed by atoms with Gasteiger partial charge in [-0.15, -0.1) is 0 Å². The van der Waals surface area contributed by atoms with Gasteiger partial charge in [0.2, 0.25) is 11.8 Å². The Morgan fingerprint density at radius 1 is 0.797 bits per heavy atom. The predicted molar refractivity (Wildman–Crippen MR) is 218 cm³/mol. The number of carbonyl (C=O) groups is 4. The minimum atomic E-state index is -1.13. The van der Waals surface area contributed by atoms with Gasteiger partial charge in [-0.2, -0.15) is 0 Å². The number of fused-ring (bicyclic) bond motifs is 4. The van der Waals surface area contributed by atoms with E-state index in [0.717, 1.165) is 64.1 Å². The predicted octanol–water partition coefficient (Wildman–Crippen LogP) is 7.24. The average molecular weight is 803 g/mol. The molecule has 4 N–H and O–H groups in total. The number of hydrogen-bond donors (Lipinski definition) is 4. The Kier molecular flexibility index (Phi) is 9.51. The summed E-state index contributed by atoms with van der Waals surface area (Å²) in [5.41, 5.74) is 5.10. The summed E-state index contributed by atoms with van der Waals surface area (Å²) in [7, 11) is 2.76. The first-order valence-corrected chi connectivity index (χ1v) is 20.5. The summed E-state index contributed by atoms with van der Waals surface area (Å²) < 4.78 is 11.2. The molecule has 4 fully saturated rings. The number of piperidine rings is 2. The van der Waals surface area contributed by atoms with Crippen molar-refractivity contribution < 1.29 is 33.8 Å². The Labute approximate surface area is 341 Å². The van der Waals surface area contributed by atoms with E-state index in [0.29, 0.717) is 34.7 Å². The molecule has 4 amide bonds. The molecule has 2 aromatic heterocycles. The van der Waals surface area contributed by atoms with Gasteiger partial charge in [-0.05, 0) is 96.9 Å². The molecule has 4 aliphatic rings. The molecule has 4 heterocycles. The molecule has 15 heteroatoms. The van der Waals surface area contributed by atoms with Gasteiger partial charge in [-0.25, -0.2) is 19.6 Å². The number of ether oxygens (including phenoxy) is 2. The summed E-state index contributed by atoms with van der Waals surface area (Å²) in [5, 5.41) is 12.5. The number of amides is 4. The second-order valence-electron chi connectivity index (χ2n) is 17.3. The number of carbonyl (C=O) groups excluding carboxylic acids is 3. The second kappa shape index (κ2) is 14.6. The van der Waals surface area contributed by atoms with E-state index in [2.05, 4.69) is 21.4 Å². The van der Waals surface area contributed by atoms with Crippen LogP contribution in [-0.4, -0.2) is 102 Å². The fourth-order valence-electron chi connectivity index (χ4n) is 9.54. The number of hydrogen-bond acceptors (Lipinski definition) is 8. The number of para-hydroxylation sites is 1. The van der Waals surface area contributed by atoms with Crippen molar-refractivity contribution in [1.82, 2.24) is 40.0 Å². The number of methoxy groups -OCH3 is 1. The Bertz CT molecular complexity index is 2460. The molecular weight excluding hydrogens is 753 g/mol. The summed E-state index contributed by atoms with van der Waals surface area (Å²) in [4.78, 5) is 73.6. The Balaban J connectivity index is 0.914. The molecule has 9 rings (SSSR count). The van der Waals surface area contributed by atoms with Crippen LogP contribution in [0.3, 0.4) is 0 Å². The molecule has 0 unspecified atom stereocenters. The van der Waals surface area contributed by atoms with E-state index >= 15 is 0 Å². The summed E-state index contributed by atoms with van der Waals surface area (Å²) in [5.74, 6) is 2.84. The zero-order valence-corrected chi connectivity index (χ0v) is 34.0. The third-order valence-corrected chi connectivity index (χ3v) is 12.8. The van der Waals surface area contributed by atoms with Gasteiger partial charge in [0.05, 0.1) is 35.7 Å². The monoisotopic (exact) mass is 802 g/mol. The van der Waals surface area contributed by atoms with E-state index in [4.69, 9.17) is 19.4 Å². The maximum Gasteiger partial charge on any atom is 0.407 e. The summed E-state index contributed by atoms with van der Waals surface area (Å²) >= 11 is 0. The summed E-state index contributed by atoms with van der Waals surface area (Å²) in [6.45, 7) is 7.58. The van der Waals surface area contributed by atoms with Crippen molar-refractivity contribution in [2.75, 3.05) is 14.2 Å². The number of H-pyrrole nitrogens is 2. The number of alkyl carbamates (subject to hydrolysis) is 1. The van der Waals surface area contributed by atoms with E-state index in [-0.39, 0.29) is 47.8 Å². The number of aromatic nitrogens is 4. The van der Waals surface area contributed by atoms with Crippen molar-refractivity contribution in [2.24, 2.45) is 23.7 Å². The van der Waals surface area contributed by atoms with Gasteiger partial charge in [0, 0.05) is 19.1 Å². The second-order valence-corrected chi connectivity index (χ2v) is 17.3. The first kappa shape index (κ1) is 38.4. The highest BCUT2D eigenvalue weighted by Crippen LogP contribution is 2.55. The Morgan fingerprint density at radius 2 is 1.42 bits per heavy atom. The van der Waals surface area contributed by atoms with Gasteiger partial charge >= 0.3 is 12.2 Å². The van der Waals surface area contributed by atoms with Gasteiger partial charge in [0.25, 0.3) is 0 Å². The van der Waals surface area contributed by atoms with E-state index < -0.39 is 24.3 Å². The third-order valence-electron chi connectivity index (χ3n) is 12.8. The molecule has 5 aromatic rings. The zero-order chi connectivity index (χ0) is 41.4. The number of nitrogens with zero attached hydrogens (tertiary/aromatic N) is 5. The lowest BCUT2D eigenvalue weighted by atomic mass is 10.0. The van der Waals surface area contributed by atoms with Crippen LogP contribution in [0.25, 0.3) is 33.2 Å². The summed E-state index contributed by atoms with van der Waals surface area (Å²) in [6, 6.07) is 17.9. The van der Waals surface area contributed by atoms with Gasteiger partial charge in [0.15, 0.2) is 5.75 Å². The number of aromatic amines is 2. The lowest BCUT2D eigenvalue weighted by Gasteiger charge is -2.35. The van der Waals surface area contributed by atoms with E-state index in [1.165, 1.54) is 14.2 Å². The topological polar surface area (TPSA) is 186 Å². The molecule has 0 spiro atoms. The number of rotatable bonds is 11. The zero-order valence-electron chi connectivity index (χ0n) is 34.0. The minimum Gasteiger partial charge on any atom is -0.465 e. The van der Waals surface area contributed by atoms with Crippen molar-refractivity contribution in [3.05, 3.63) is 72.3 Å². The molecular formula is C44H50N8O7. The fraction of sp³-hybridized carbons (Fsp3) is 0.455. The van der Waals surface area contributed by atoms with Crippen LogP contribution in [0.1, 0.15) is 77.1 Å². The van der Waals surface area contributed by atoms with Crippen LogP contribution in [0.15, 0.2) is 60.7 Å². The quantitative estimate of drug-likeness (QED) is 0.107. The van der Waals surface area contributed by atoms with Gasteiger partial charge in [0.1, 0.15) is 35.0 Å². The number of benzene rings is 3. The van der Waals surface area contributed by atoms with Crippen molar-refractivity contribution in [3.63, 3.8) is 0 Å². The molecule has 0 radical (unpaired) electrons. The molecule has 308 valence electrons. The smallest absolute Gasteiger partial charge is 0.407 e. The normalized spacial score (nSPS) is 23.9. The van der Waals surface area contributed by atoms with Crippen molar-refractivity contribution >= 4 is 46.1 Å². The van der Waals surface area contributed by atoms with Crippen LogP contribution in [0.5, 0.6) is 11.5 Å². The number of imidazole rings is 2. The Hall–Kier alpha value is -6.12. The van der Waals surface area contributed by atoms with Crippen molar-refractivity contribution in [3.8, 4) is 22.6 Å². The highest BCUT2D eigenvalue weighted by Gasteiger charge is 2.57. The fourth-order valence-corrected chi connectivity index (χ4v) is 9.54. The molecule has 2 saturated carbocycles. The van der Waals surface area contributed by atoms with E-state index in [1.807, 2.05) is 92.1 Å². The highest BCUT2D eigenvalue weighted by atomic mass is 16.5. The van der Waals surface area contributed by atoms with Crippen LogP contribution in [-0.2, 0) is 14.3 Å². The van der Waals surface area contributed by atoms with Gasteiger partial charge < -0.3 is 39.7 Å². The van der Waals surface area contributed by atoms with Crippen LogP contribution < -0.4 is 10.1 Å². The van der Waals surface area contributed by atoms with E-state index in [9.17, 15) is 24.3 Å². The van der Waals surface area contributed by atoms with Crippen LogP contribution in [0, 0.1) is 23.7 Å². The first-order chi connectivity index (χ1) is 28.3. The molecule has 0 bridgehead atoms. The largest absolute Gasteiger partial charge is 0.465 e. The summed E-state index contributed by atoms with van der Waals surface area (Å²) in [6.07, 6.45) is 1.73. The minimum absolute atomic E-state index is 0.0918. The Morgan fingerprint density at radius 3 is 2.05 bits per heavy atom. The lowest BCUT2D eigenvalue weighted by molar-refractivity contribution is -0.140. The van der Waals surface area contributed by atoms with Crippen molar-refractivity contribution in [1.29, 1.82) is 0 Å². The highest BCUT2D eigenvalue weighted by molar-refractivity contribution is 5.89. The number of nitrogens with one attached hydrogen (secondary N) is 3. The lowest BCUT2D eigenvalue weighted by Crippen LogP contribution is -2.52. The molecule has 2 aliphatic heterocycles. The van der Waals surface area contributed by atoms with Gasteiger partial charge in [-0.1, -0.05) is 52.0 Å². The van der Waals surface area contributed by atoms with Gasteiger partial charge in [-0.3, -0.25) is 14.5 Å². The number of likely N-dealkylation sites (N-methyl/N-ethyl adjacent to an activating group) is 1. The molecule has 15 nitrogen and oxygen atoms in total. The third kappa shape index (κ3) is 6.89. The maximum atomic E-state index is 14.0. The van der Waals surface area contributed by atoms with Crippen LogP contribution >= 0.6 is 0 Å². The molecule has 8 atom stereocenters. The van der Waals surface area contributed by atoms with Crippen molar-refractivity contribution in [2.45, 2.75) is 89.6 Å².